The molecule has 0 aliphatic heterocycles. The molecule has 0 spiro atoms. The molecule has 0 atom stereocenters. The quantitative estimate of drug-likeness (QED) is 0.900. The molecule has 2 N–H and O–H groups in total. The molecule has 7 heteroatoms. The van der Waals surface area contributed by atoms with E-state index < -0.39 is 5.91 Å². The van der Waals surface area contributed by atoms with Gasteiger partial charge in [-0.1, -0.05) is 17.7 Å². The molecule has 0 aliphatic carbocycles. The van der Waals surface area contributed by atoms with Gasteiger partial charge in [0.2, 0.25) is 5.91 Å². The first-order valence-electron chi connectivity index (χ1n) is 6.81. The third-order valence-electron chi connectivity index (χ3n) is 2.97. The summed E-state index contributed by atoms with van der Waals surface area (Å²) >= 11 is 6.11. The highest BCUT2D eigenvalue weighted by Crippen LogP contribution is 2.31. The Morgan fingerprint density at radius 1 is 1.22 bits per heavy atom. The number of nitrogens with zero attached hydrogens (tertiary/aromatic N) is 1. The van der Waals surface area contributed by atoms with Crippen LogP contribution in [0.1, 0.15) is 23.0 Å². The largest absolute Gasteiger partial charge is 0.496 e. The van der Waals surface area contributed by atoms with E-state index in [9.17, 15) is 9.59 Å². The first-order chi connectivity index (χ1) is 10.9. The number of carbonyl (C=O) groups is 2. The van der Waals surface area contributed by atoms with Crippen molar-refractivity contribution in [1.29, 1.82) is 0 Å². The molecule has 0 radical (unpaired) electrons. The van der Waals surface area contributed by atoms with Crippen LogP contribution in [0.15, 0.2) is 30.3 Å². The number of methoxy groups -OCH3 is 1. The lowest BCUT2D eigenvalue weighted by Crippen LogP contribution is -2.15. The molecule has 0 fully saturated rings. The Balaban J connectivity index is 2.32. The van der Waals surface area contributed by atoms with E-state index >= 15 is 0 Å². The highest BCUT2D eigenvalue weighted by atomic mass is 35.5. The van der Waals surface area contributed by atoms with E-state index in [1.165, 1.54) is 26.2 Å². The minimum Gasteiger partial charge on any atom is -0.496 e. The summed E-state index contributed by atoms with van der Waals surface area (Å²) in [5, 5.41) is 5.50. The van der Waals surface area contributed by atoms with Crippen LogP contribution in [0.25, 0.3) is 0 Å². The van der Waals surface area contributed by atoms with E-state index in [1.807, 2.05) is 13.0 Å². The Labute approximate surface area is 138 Å². The molecule has 0 bridgehead atoms. The molecule has 0 aliphatic rings. The second-order valence-electron chi connectivity index (χ2n) is 4.83. The molecular formula is C16H16ClN3O3. The van der Waals surface area contributed by atoms with E-state index in [0.29, 0.717) is 17.3 Å². The molecule has 2 amide bonds. The Morgan fingerprint density at radius 3 is 2.57 bits per heavy atom. The zero-order chi connectivity index (χ0) is 17.0. The van der Waals surface area contributed by atoms with Gasteiger partial charge in [0.1, 0.15) is 11.6 Å². The average Bonchev–Trinajstić information content (AvgIpc) is 2.48. The molecule has 120 valence electrons. The van der Waals surface area contributed by atoms with Crippen molar-refractivity contribution in [1.82, 2.24) is 4.98 Å². The summed E-state index contributed by atoms with van der Waals surface area (Å²) in [5.41, 5.74) is 1.41. The minimum atomic E-state index is -0.406. The summed E-state index contributed by atoms with van der Waals surface area (Å²) in [7, 11) is 1.43. The summed E-state index contributed by atoms with van der Waals surface area (Å²) in [6.07, 6.45) is 0. The number of aromatic nitrogens is 1. The number of carbonyl (C=O) groups excluding carboxylic acids is 2. The number of ether oxygens (including phenoxy) is 1. The predicted octanol–water partition coefficient (Wildman–Crippen LogP) is 3.26. The summed E-state index contributed by atoms with van der Waals surface area (Å²) in [4.78, 5) is 27.8. The molecular weight excluding hydrogens is 318 g/mol. The fourth-order valence-corrected chi connectivity index (χ4v) is 2.19. The van der Waals surface area contributed by atoms with Crippen molar-refractivity contribution >= 4 is 34.9 Å². The van der Waals surface area contributed by atoms with Gasteiger partial charge in [-0.15, -0.1) is 0 Å². The summed E-state index contributed by atoms with van der Waals surface area (Å²) in [6.45, 7) is 3.20. The highest BCUT2D eigenvalue weighted by molar-refractivity contribution is 6.34. The second kappa shape index (κ2) is 7.11. The number of aryl methyl sites for hydroxylation is 1. The van der Waals surface area contributed by atoms with Crippen LogP contribution < -0.4 is 15.4 Å². The molecule has 1 heterocycles. The first kappa shape index (κ1) is 16.8. The molecule has 1 aromatic heterocycles. The van der Waals surface area contributed by atoms with Gasteiger partial charge < -0.3 is 15.4 Å². The van der Waals surface area contributed by atoms with E-state index in [0.717, 1.165) is 5.69 Å². The van der Waals surface area contributed by atoms with E-state index in [1.54, 1.807) is 12.1 Å². The third kappa shape index (κ3) is 4.20. The maximum absolute atomic E-state index is 12.4. The van der Waals surface area contributed by atoms with Crippen molar-refractivity contribution in [2.24, 2.45) is 0 Å². The van der Waals surface area contributed by atoms with Crippen molar-refractivity contribution in [2.75, 3.05) is 17.7 Å². The summed E-state index contributed by atoms with van der Waals surface area (Å²) < 4.78 is 5.21. The van der Waals surface area contributed by atoms with Crippen molar-refractivity contribution in [3.05, 3.63) is 46.6 Å². The minimum absolute atomic E-state index is 0.239. The van der Waals surface area contributed by atoms with Crippen LogP contribution in [0.5, 0.6) is 5.75 Å². The maximum Gasteiger partial charge on any atom is 0.260 e. The molecule has 0 saturated heterocycles. The average molecular weight is 334 g/mol. The molecule has 23 heavy (non-hydrogen) atoms. The normalized spacial score (nSPS) is 10.1. The standard InChI is InChI=1S/C16H16ClN3O3/c1-9-5-4-6-15(18-9)20-16(22)11-7-12(17)13(19-10(2)21)8-14(11)23-3/h4-8H,1-3H3,(H,19,21)(H,18,20,22). The fraction of sp³-hybridized carbons (Fsp3) is 0.188. The molecule has 0 saturated carbocycles. The SMILES string of the molecule is COc1cc(NC(C)=O)c(Cl)cc1C(=O)Nc1cccc(C)n1. The fourth-order valence-electron chi connectivity index (χ4n) is 1.98. The van der Waals surface area contributed by atoms with Gasteiger partial charge in [0.05, 0.1) is 23.4 Å². The number of benzene rings is 1. The van der Waals surface area contributed by atoms with Crippen LogP contribution in [0.3, 0.4) is 0 Å². The van der Waals surface area contributed by atoms with Gasteiger partial charge in [-0.25, -0.2) is 4.98 Å². The van der Waals surface area contributed by atoms with Crippen molar-refractivity contribution in [3.63, 3.8) is 0 Å². The van der Waals surface area contributed by atoms with Crippen molar-refractivity contribution < 1.29 is 14.3 Å². The van der Waals surface area contributed by atoms with Gasteiger partial charge in [-0.05, 0) is 25.1 Å². The number of hydrogen-bond acceptors (Lipinski definition) is 4. The van der Waals surface area contributed by atoms with Crippen LogP contribution in [0.2, 0.25) is 5.02 Å². The van der Waals surface area contributed by atoms with Crippen molar-refractivity contribution in [3.8, 4) is 5.75 Å². The maximum atomic E-state index is 12.4. The van der Waals surface area contributed by atoms with Gasteiger partial charge in [-0.3, -0.25) is 9.59 Å². The van der Waals surface area contributed by atoms with Gasteiger partial charge in [0, 0.05) is 18.7 Å². The van der Waals surface area contributed by atoms with E-state index in [-0.39, 0.29) is 16.5 Å². The monoisotopic (exact) mass is 333 g/mol. The number of anilines is 2. The zero-order valence-corrected chi connectivity index (χ0v) is 13.7. The lowest BCUT2D eigenvalue weighted by atomic mass is 10.1. The topological polar surface area (TPSA) is 80.3 Å². The Bertz CT molecular complexity index is 762. The number of nitrogens with one attached hydrogen (secondary N) is 2. The van der Waals surface area contributed by atoms with E-state index in [2.05, 4.69) is 15.6 Å². The number of halogens is 1. The molecule has 1 aromatic carbocycles. The second-order valence-corrected chi connectivity index (χ2v) is 5.24. The van der Waals surface area contributed by atoms with E-state index in [4.69, 9.17) is 16.3 Å². The van der Waals surface area contributed by atoms with Crippen LogP contribution in [-0.2, 0) is 4.79 Å². The van der Waals surface area contributed by atoms with Gasteiger partial charge in [0.25, 0.3) is 5.91 Å². The highest BCUT2D eigenvalue weighted by Gasteiger charge is 2.17. The predicted molar refractivity (Wildman–Crippen MR) is 89.2 cm³/mol. The van der Waals surface area contributed by atoms with Crippen molar-refractivity contribution in [2.45, 2.75) is 13.8 Å². The lowest BCUT2D eigenvalue weighted by Gasteiger charge is -2.13. The molecule has 6 nitrogen and oxygen atoms in total. The van der Waals surface area contributed by atoms with Crippen LogP contribution >= 0.6 is 11.6 Å². The number of pyridine rings is 1. The first-order valence-corrected chi connectivity index (χ1v) is 7.18. The molecule has 2 rings (SSSR count). The number of amides is 2. The van der Waals surface area contributed by atoms with Crippen LogP contribution in [0, 0.1) is 6.92 Å². The summed E-state index contributed by atoms with van der Waals surface area (Å²) in [5.74, 6) is 0.0498. The zero-order valence-electron chi connectivity index (χ0n) is 12.9. The summed E-state index contributed by atoms with van der Waals surface area (Å²) in [6, 6.07) is 8.25. The number of hydrogen-bond donors (Lipinski definition) is 2. The lowest BCUT2D eigenvalue weighted by molar-refractivity contribution is -0.114. The number of rotatable bonds is 4. The van der Waals surface area contributed by atoms with Gasteiger partial charge in [-0.2, -0.15) is 0 Å². The van der Waals surface area contributed by atoms with Crippen LogP contribution in [-0.4, -0.2) is 23.9 Å². The van der Waals surface area contributed by atoms with Crippen LogP contribution in [0.4, 0.5) is 11.5 Å². The Morgan fingerprint density at radius 2 is 1.96 bits per heavy atom. The smallest absolute Gasteiger partial charge is 0.260 e. The molecule has 2 aromatic rings. The third-order valence-corrected chi connectivity index (χ3v) is 3.29. The van der Waals surface area contributed by atoms with Gasteiger partial charge >= 0.3 is 0 Å². The molecule has 0 unspecified atom stereocenters. The van der Waals surface area contributed by atoms with Gasteiger partial charge in [0.15, 0.2) is 0 Å². The Hall–Kier alpha value is -2.60. The Kier molecular flexibility index (Phi) is 5.18.